The second-order valence-corrected chi connectivity index (χ2v) is 4.28. The minimum absolute atomic E-state index is 0.269. The summed E-state index contributed by atoms with van der Waals surface area (Å²) in [5.41, 5.74) is 0.269. The average Bonchev–Trinajstić information content (AvgIpc) is 1.59. The van der Waals surface area contributed by atoms with Gasteiger partial charge in [-0.3, -0.25) is 0 Å². The first-order valence-electron chi connectivity index (χ1n) is 3.36. The van der Waals surface area contributed by atoms with Crippen molar-refractivity contribution in [3.8, 4) is 0 Å². The van der Waals surface area contributed by atoms with E-state index in [-0.39, 0.29) is 5.41 Å². The first-order chi connectivity index (χ1) is 4.48. The number of rotatable bonds is 4. The number of halogens is 1. The first-order valence-corrected chi connectivity index (χ1v) is 4.24. The minimum atomic E-state index is 0.269. The van der Waals surface area contributed by atoms with Crippen molar-refractivity contribution in [3.05, 3.63) is 0 Å². The normalized spacial score (nSPS) is 12.6. The van der Waals surface area contributed by atoms with Gasteiger partial charge in [0.2, 0.25) is 0 Å². The largest absolute Gasteiger partial charge is 0.315 e. The van der Waals surface area contributed by atoms with E-state index in [0.29, 0.717) is 0 Å². The van der Waals surface area contributed by atoms with Gasteiger partial charge in [0.15, 0.2) is 0 Å². The van der Waals surface area contributed by atoms with E-state index in [1.54, 1.807) is 0 Å². The summed E-state index contributed by atoms with van der Waals surface area (Å²) in [6, 6.07) is 0. The Hall–Kier alpha value is 0.650. The highest BCUT2D eigenvalue weighted by Crippen LogP contribution is 2.17. The molecule has 0 spiro atoms. The van der Waals surface area contributed by atoms with Crippen molar-refractivity contribution in [1.29, 1.82) is 0 Å². The Morgan fingerprint density at radius 2 is 1.90 bits per heavy atom. The van der Waals surface area contributed by atoms with Crippen molar-refractivity contribution in [3.63, 3.8) is 0 Å². The molecule has 0 aliphatic carbocycles. The molecule has 0 amide bonds. The Morgan fingerprint density at radius 1 is 1.40 bits per heavy atom. The van der Waals surface area contributed by atoms with Crippen molar-refractivity contribution in [1.82, 2.24) is 4.90 Å². The van der Waals surface area contributed by atoms with Crippen molar-refractivity contribution >= 4 is 23.0 Å². The Kier molecular flexibility index (Phi) is 4.81. The lowest BCUT2D eigenvalue weighted by Gasteiger charge is -2.26. The Labute approximate surface area is 77.6 Å². The summed E-state index contributed by atoms with van der Waals surface area (Å²) in [5.74, 6) is 0. The molecule has 0 fully saturated rings. The van der Waals surface area contributed by atoms with Gasteiger partial charge in [-0.1, -0.05) is 13.8 Å². The second kappa shape index (κ2) is 4.51. The standard InChI is InChI=1S/C7H16INO/c1-7(2,6-10-8)5-9(3)4/h5-6H2,1-4H3. The molecule has 0 radical (unpaired) electrons. The molecule has 10 heavy (non-hydrogen) atoms. The molecule has 3 heteroatoms. The molecule has 0 atom stereocenters. The average molecular weight is 257 g/mol. The zero-order valence-electron chi connectivity index (χ0n) is 7.15. The maximum Gasteiger partial charge on any atom is 0.109 e. The van der Waals surface area contributed by atoms with E-state index in [2.05, 4.69) is 32.8 Å². The van der Waals surface area contributed by atoms with E-state index >= 15 is 0 Å². The quantitative estimate of drug-likeness (QED) is 0.713. The van der Waals surface area contributed by atoms with Gasteiger partial charge in [0.05, 0.1) is 6.61 Å². The summed E-state index contributed by atoms with van der Waals surface area (Å²) in [4.78, 5) is 2.18. The van der Waals surface area contributed by atoms with E-state index < -0.39 is 0 Å². The SMILES string of the molecule is CN(C)CC(C)(C)COI. The highest BCUT2D eigenvalue weighted by Gasteiger charge is 2.18. The highest BCUT2D eigenvalue weighted by molar-refractivity contribution is 14.1. The van der Waals surface area contributed by atoms with Gasteiger partial charge >= 0.3 is 0 Å². The minimum Gasteiger partial charge on any atom is -0.315 e. The molecule has 0 bridgehead atoms. The predicted octanol–water partition coefficient (Wildman–Crippen LogP) is 1.94. The van der Waals surface area contributed by atoms with Crippen molar-refractivity contribution in [2.45, 2.75) is 13.8 Å². The van der Waals surface area contributed by atoms with Gasteiger partial charge in [0.1, 0.15) is 23.0 Å². The van der Waals surface area contributed by atoms with Crippen LogP contribution in [0.3, 0.4) is 0 Å². The van der Waals surface area contributed by atoms with Crippen LogP contribution in [0.1, 0.15) is 13.8 Å². The Morgan fingerprint density at radius 3 is 2.20 bits per heavy atom. The lowest BCUT2D eigenvalue weighted by molar-refractivity contribution is 0.173. The maximum absolute atomic E-state index is 5.05. The van der Waals surface area contributed by atoms with E-state index in [1.165, 1.54) is 0 Å². The third-order valence-electron chi connectivity index (χ3n) is 1.19. The van der Waals surface area contributed by atoms with Crippen LogP contribution in [0.15, 0.2) is 0 Å². The zero-order chi connectivity index (χ0) is 8.20. The molecular weight excluding hydrogens is 241 g/mol. The fourth-order valence-electron chi connectivity index (χ4n) is 1.05. The maximum atomic E-state index is 5.05. The molecule has 0 aromatic rings. The van der Waals surface area contributed by atoms with Crippen molar-refractivity contribution in [2.24, 2.45) is 5.41 Å². The van der Waals surface area contributed by atoms with Gasteiger partial charge in [0, 0.05) is 12.0 Å². The number of nitrogens with zero attached hydrogens (tertiary/aromatic N) is 1. The monoisotopic (exact) mass is 257 g/mol. The zero-order valence-corrected chi connectivity index (χ0v) is 9.31. The molecule has 0 aromatic heterocycles. The smallest absolute Gasteiger partial charge is 0.109 e. The van der Waals surface area contributed by atoms with Gasteiger partial charge in [-0.05, 0) is 14.1 Å². The molecule has 0 rings (SSSR count). The summed E-state index contributed by atoms with van der Waals surface area (Å²) in [6.45, 7) is 6.28. The summed E-state index contributed by atoms with van der Waals surface area (Å²) in [6.07, 6.45) is 0. The van der Waals surface area contributed by atoms with E-state index in [1.807, 2.05) is 23.0 Å². The van der Waals surface area contributed by atoms with Gasteiger partial charge in [-0.25, -0.2) is 0 Å². The van der Waals surface area contributed by atoms with Crippen LogP contribution in [-0.2, 0) is 3.07 Å². The van der Waals surface area contributed by atoms with Crippen LogP contribution >= 0.6 is 23.0 Å². The van der Waals surface area contributed by atoms with Crippen LogP contribution in [0.4, 0.5) is 0 Å². The predicted molar refractivity (Wildman–Crippen MR) is 52.3 cm³/mol. The molecule has 62 valence electrons. The Bertz CT molecular complexity index is 93.6. The lowest BCUT2D eigenvalue weighted by Crippen LogP contribution is -2.31. The van der Waals surface area contributed by atoms with Crippen molar-refractivity contribution < 1.29 is 3.07 Å². The lowest BCUT2D eigenvalue weighted by atomic mass is 9.95. The third-order valence-corrected chi connectivity index (χ3v) is 1.50. The van der Waals surface area contributed by atoms with Crippen LogP contribution in [0.5, 0.6) is 0 Å². The molecular formula is C7H16INO. The van der Waals surface area contributed by atoms with E-state index in [0.717, 1.165) is 13.2 Å². The molecule has 0 heterocycles. The fraction of sp³-hybridized carbons (Fsp3) is 1.00. The molecule has 0 saturated carbocycles. The molecule has 0 aliphatic heterocycles. The second-order valence-electron chi connectivity index (χ2n) is 3.66. The van der Waals surface area contributed by atoms with Crippen LogP contribution in [0, 0.1) is 5.41 Å². The molecule has 0 aliphatic rings. The summed E-state index contributed by atoms with van der Waals surface area (Å²) in [5, 5.41) is 0. The molecule has 0 aromatic carbocycles. The third kappa shape index (κ3) is 5.44. The van der Waals surface area contributed by atoms with Crippen LogP contribution < -0.4 is 0 Å². The Balaban J connectivity index is 3.63. The van der Waals surface area contributed by atoms with Crippen molar-refractivity contribution in [2.75, 3.05) is 27.2 Å². The highest BCUT2D eigenvalue weighted by atomic mass is 127. The van der Waals surface area contributed by atoms with Gasteiger partial charge in [-0.2, -0.15) is 0 Å². The van der Waals surface area contributed by atoms with Crippen LogP contribution in [0.2, 0.25) is 0 Å². The first kappa shape index (κ1) is 10.7. The van der Waals surface area contributed by atoms with Crippen LogP contribution in [0.25, 0.3) is 0 Å². The summed E-state index contributed by atoms with van der Waals surface area (Å²) >= 11 is 1.94. The van der Waals surface area contributed by atoms with Gasteiger partial charge in [-0.15, -0.1) is 0 Å². The molecule has 2 nitrogen and oxygen atoms in total. The van der Waals surface area contributed by atoms with Gasteiger partial charge < -0.3 is 7.97 Å². The summed E-state index contributed by atoms with van der Waals surface area (Å²) in [7, 11) is 4.16. The number of hydrogen-bond donors (Lipinski definition) is 0. The number of hydrogen-bond acceptors (Lipinski definition) is 2. The van der Waals surface area contributed by atoms with Crippen LogP contribution in [-0.4, -0.2) is 32.1 Å². The fourth-order valence-corrected chi connectivity index (χ4v) is 1.89. The summed E-state index contributed by atoms with van der Waals surface area (Å²) < 4.78 is 5.05. The molecule has 0 unspecified atom stereocenters. The topological polar surface area (TPSA) is 12.5 Å². The molecule has 0 saturated heterocycles. The van der Waals surface area contributed by atoms with E-state index in [9.17, 15) is 0 Å². The van der Waals surface area contributed by atoms with Gasteiger partial charge in [0.25, 0.3) is 0 Å². The molecule has 0 N–H and O–H groups in total. The van der Waals surface area contributed by atoms with E-state index in [4.69, 9.17) is 3.07 Å².